The lowest BCUT2D eigenvalue weighted by atomic mass is 10.1. The van der Waals surface area contributed by atoms with Gasteiger partial charge in [0.25, 0.3) is 5.56 Å². The van der Waals surface area contributed by atoms with Crippen molar-refractivity contribution in [2.45, 2.75) is 68.7 Å². The van der Waals surface area contributed by atoms with Gasteiger partial charge in [-0.05, 0) is 62.5 Å². The Kier molecular flexibility index (Phi) is 7.53. The highest BCUT2D eigenvalue weighted by Gasteiger charge is 2.30. The number of rotatable bonds is 6. The zero-order valence-electron chi connectivity index (χ0n) is 20.7. The minimum atomic E-state index is -0.712. The fraction of sp³-hybridized carbons (Fsp3) is 0.429. The number of carbonyl (C=O) groups excluding carboxylic acids is 2. The van der Waals surface area contributed by atoms with Gasteiger partial charge < -0.3 is 0 Å². The molecular weight excluding hydrogens is 472 g/mol. The molecule has 1 aromatic heterocycles. The number of aryl methyl sites for hydroxylation is 1. The van der Waals surface area contributed by atoms with Crippen LogP contribution in [0.3, 0.4) is 0 Å². The van der Waals surface area contributed by atoms with Crippen LogP contribution in [-0.4, -0.2) is 39.4 Å². The summed E-state index contributed by atoms with van der Waals surface area (Å²) >= 11 is 1.66. The number of piperidine rings is 1. The summed E-state index contributed by atoms with van der Waals surface area (Å²) in [6, 6.07) is 13.7. The first-order valence-electron chi connectivity index (χ1n) is 12.8. The van der Waals surface area contributed by atoms with Gasteiger partial charge in [0.15, 0.2) is 0 Å². The van der Waals surface area contributed by atoms with Gasteiger partial charge >= 0.3 is 0 Å². The zero-order chi connectivity index (χ0) is 25.1. The summed E-state index contributed by atoms with van der Waals surface area (Å²) in [6.07, 6.45) is 5.81. The van der Waals surface area contributed by atoms with Gasteiger partial charge in [-0.25, -0.2) is 4.98 Å². The van der Waals surface area contributed by atoms with E-state index in [0.29, 0.717) is 23.1 Å². The molecule has 2 fully saturated rings. The van der Waals surface area contributed by atoms with Gasteiger partial charge in [0.1, 0.15) is 11.9 Å². The average molecular weight is 505 g/mol. The molecule has 0 radical (unpaired) electrons. The molecule has 1 atom stereocenters. The molecule has 2 amide bonds. The van der Waals surface area contributed by atoms with E-state index in [4.69, 9.17) is 4.98 Å². The zero-order valence-corrected chi connectivity index (χ0v) is 21.5. The van der Waals surface area contributed by atoms with E-state index in [1.54, 1.807) is 24.8 Å². The minimum absolute atomic E-state index is 0.215. The number of para-hydroxylation sites is 1. The lowest BCUT2D eigenvalue weighted by molar-refractivity contribution is -0.135. The van der Waals surface area contributed by atoms with E-state index in [1.165, 1.54) is 54.5 Å². The molecule has 3 heterocycles. The van der Waals surface area contributed by atoms with Gasteiger partial charge in [0.05, 0.1) is 10.9 Å². The van der Waals surface area contributed by atoms with Crippen molar-refractivity contribution in [1.29, 1.82) is 0 Å². The molecule has 5 rings (SSSR count). The number of nitrogens with one attached hydrogen (secondary N) is 1. The van der Waals surface area contributed by atoms with Crippen molar-refractivity contribution in [2.24, 2.45) is 0 Å². The summed E-state index contributed by atoms with van der Waals surface area (Å²) < 4.78 is 1.43. The van der Waals surface area contributed by atoms with Crippen LogP contribution in [-0.2, 0) is 21.9 Å². The highest BCUT2D eigenvalue weighted by Crippen LogP contribution is 2.29. The number of imide groups is 1. The second kappa shape index (κ2) is 11.0. The molecule has 188 valence electrons. The largest absolute Gasteiger partial charge is 0.299 e. The van der Waals surface area contributed by atoms with Crippen LogP contribution in [0.15, 0.2) is 52.2 Å². The molecule has 0 saturated carbocycles. The van der Waals surface area contributed by atoms with Crippen molar-refractivity contribution in [1.82, 2.24) is 19.8 Å². The van der Waals surface area contributed by atoms with Crippen molar-refractivity contribution in [3.63, 3.8) is 0 Å². The smallest absolute Gasteiger partial charge is 0.262 e. The number of carbonyl (C=O) groups is 2. The Labute approximate surface area is 215 Å². The standard InChI is InChI=1S/C28H32N4O3S/c1-19-29-26-22(28(35)32(19)23-13-14-25(33)30-27(23)34)7-6-8-24(26)36-18-21-11-9-20(10-12-21)17-31-15-4-2-3-5-16-31/h6-12,23H,2-5,13-18H2,1H3,(H,30,33,34). The van der Waals surface area contributed by atoms with E-state index in [1.807, 2.05) is 12.1 Å². The van der Waals surface area contributed by atoms with E-state index < -0.39 is 11.9 Å². The van der Waals surface area contributed by atoms with Gasteiger partial charge in [-0.15, -0.1) is 11.8 Å². The SMILES string of the molecule is Cc1nc2c(SCc3ccc(CN4CCCCCC4)cc3)cccc2c(=O)n1C1CCC(=O)NC1=O. The van der Waals surface area contributed by atoms with E-state index in [0.717, 1.165) is 17.2 Å². The highest BCUT2D eigenvalue weighted by molar-refractivity contribution is 7.98. The molecule has 2 aromatic carbocycles. The van der Waals surface area contributed by atoms with Crippen LogP contribution in [0.1, 0.15) is 61.5 Å². The van der Waals surface area contributed by atoms with Crippen molar-refractivity contribution in [2.75, 3.05) is 13.1 Å². The normalized spacial score (nSPS) is 19.3. The van der Waals surface area contributed by atoms with Crippen LogP contribution in [0, 0.1) is 6.92 Å². The number of thioether (sulfide) groups is 1. The van der Waals surface area contributed by atoms with Crippen LogP contribution >= 0.6 is 11.8 Å². The predicted octanol–water partition coefficient (Wildman–Crippen LogP) is 4.35. The number of nitrogens with zero attached hydrogens (tertiary/aromatic N) is 3. The average Bonchev–Trinajstić information content (AvgIpc) is 3.14. The second-order valence-corrected chi connectivity index (χ2v) is 10.8. The van der Waals surface area contributed by atoms with E-state index in [9.17, 15) is 14.4 Å². The molecule has 7 nitrogen and oxygen atoms in total. The minimum Gasteiger partial charge on any atom is -0.299 e. The fourth-order valence-electron chi connectivity index (χ4n) is 5.17. The van der Waals surface area contributed by atoms with Gasteiger partial charge in [-0.2, -0.15) is 0 Å². The number of fused-ring (bicyclic) bond motifs is 1. The molecule has 0 spiro atoms. The molecule has 2 saturated heterocycles. The molecule has 8 heteroatoms. The summed E-state index contributed by atoms with van der Waals surface area (Å²) in [5.41, 5.74) is 2.99. The first-order chi connectivity index (χ1) is 17.5. The molecule has 1 N–H and O–H groups in total. The first kappa shape index (κ1) is 24.7. The highest BCUT2D eigenvalue weighted by atomic mass is 32.2. The topological polar surface area (TPSA) is 84.3 Å². The molecule has 36 heavy (non-hydrogen) atoms. The lowest BCUT2D eigenvalue weighted by Crippen LogP contribution is -2.45. The second-order valence-electron chi connectivity index (χ2n) is 9.75. The molecule has 2 aliphatic rings. The molecule has 0 bridgehead atoms. The molecule has 2 aliphatic heterocycles. The number of aromatic nitrogens is 2. The molecule has 3 aromatic rings. The van der Waals surface area contributed by atoms with E-state index in [-0.39, 0.29) is 17.9 Å². The maximum atomic E-state index is 13.4. The Morgan fingerprint density at radius 3 is 2.42 bits per heavy atom. The molecule has 1 unspecified atom stereocenters. The van der Waals surface area contributed by atoms with Crippen molar-refractivity contribution < 1.29 is 9.59 Å². The van der Waals surface area contributed by atoms with Gasteiger partial charge in [-0.3, -0.25) is 29.2 Å². The first-order valence-corrected chi connectivity index (χ1v) is 13.8. The quantitative estimate of drug-likeness (QED) is 0.397. The number of hydrogen-bond donors (Lipinski definition) is 1. The van der Waals surface area contributed by atoms with E-state index in [2.05, 4.69) is 34.5 Å². The molecular formula is C28H32N4O3S. The Morgan fingerprint density at radius 2 is 1.69 bits per heavy atom. The number of likely N-dealkylation sites (tertiary alicyclic amines) is 1. The summed E-state index contributed by atoms with van der Waals surface area (Å²) in [5, 5.41) is 2.83. The van der Waals surface area contributed by atoms with Crippen LogP contribution in [0.4, 0.5) is 0 Å². The third-order valence-electron chi connectivity index (χ3n) is 7.11. The summed E-state index contributed by atoms with van der Waals surface area (Å²) in [5.74, 6) is 0.514. The number of amides is 2. The number of hydrogen-bond acceptors (Lipinski definition) is 6. The monoisotopic (exact) mass is 504 g/mol. The van der Waals surface area contributed by atoms with Crippen LogP contribution in [0.2, 0.25) is 0 Å². The maximum absolute atomic E-state index is 13.4. The van der Waals surface area contributed by atoms with Crippen molar-refractivity contribution in [3.8, 4) is 0 Å². The Balaban J connectivity index is 1.32. The number of benzene rings is 2. The van der Waals surface area contributed by atoms with Gasteiger partial charge in [-0.1, -0.05) is 43.2 Å². The third kappa shape index (κ3) is 5.39. The Morgan fingerprint density at radius 1 is 0.972 bits per heavy atom. The predicted molar refractivity (Wildman–Crippen MR) is 142 cm³/mol. The Hall–Kier alpha value is -2.97. The molecule has 0 aliphatic carbocycles. The van der Waals surface area contributed by atoms with Crippen molar-refractivity contribution in [3.05, 3.63) is 69.8 Å². The maximum Gasteiger partial charge on any atom is 0.262 e. The summed E-state index contributed by atoms with van der Waals surface area (Å²) in [6.45, 7) is 5.14. The van der Waals surface area contributed by atoms with Crippen LogP contribution in [0.25, 0.3) is 10.9 Å². The van der Waals surface area contributed by atoms with E-state index >= 15 is 0 Å². The van der Waals surface area contributed by atoms with Gasteiger partial charge in [0.2, 0.25) is 11.8 Å². The van der Waals surface area contributed by atoms with Gasteiger partial charge in [0, 0.05) is 23.6 Å². The van der Waals surface area contributed by atoms with Crippen LogP contribution < -0.4 is 10.9 Å². The van der Waals surface area contributed by atoms with Crippen LogP contribution in [0.5, 0.6) is 0 Å². The lowest BCUT2D eigenvalue weighted by Gasteiger charge is -2.24. The third-order valence-corrected chi connectivity index (χ3v) is 8.23. The Bertz CT molecular complexity index is 1330. The fourth-order valence-corrected chi connectivity index (χ4v) is 6.15. The van der Waals surface area contributed by atoms with Crippen molar-refractivity contribution >= 4 is 34.5 Å². The summed E-state index contributed by atoms with van der Waals surface area (Å²) in [7, 11) is 0. The summed E-state index contributed by atoms with van der Waals surface area (Å²) in [4.78, 5) is 45.5.